The van der Waals surface area contributed by atoms with Crippen LogP contribution in [0.4, 0.5) is 11.6 Å². The van der Waals surface area contributed by atoms with Crippen LogP contribution in [0.2, 0.25) is 5.02 Å². The normalized spacial score (nSPS) is 13.4. The molecule has 33 heavy (non-hydrogen) atoms. The van der Waals surface area contributed by atoms with Gasteiger partial charge in [-0.05, 0) is 42.3 Å². The molecule has 0 radical (unpaired) electrons. The fourth-order valence-electron chi connectivity index (χ4n) is 3.84. The van der Waals surface area contributed by atoms with Crippen LogP contribution in [0.3, 0.4) is 0 Å². The van der Waals surface area contributed by atoms with E-state index in [2.05, 4.69) is 26.5 Å². The molecule has 0 spiro atoms. The lowest BCUT2D eigenvalue weighted by Gasteiger charge is -2.28. The number of carboxylic acids is 1. The molecular formula is C24H22ClN5O3. The Balaban J connectivity index is 1.62. The first-order valence-electron chi connectivity index (χ1n) is 10.4. The van der Waals surface area contributed by atoms with E-state index in [0.29, 0.717) is 54.0 Å². The standard InChI is InChI=1S/C24H22ClN5O3/c1-33-21-5-3-17(11-20(21)25)14-27-23-19-10-16(13-26)2-4-18(19)24(29-28-23)30-8-6-15(7-9-30)12-22(31)32/h2-6,10-11H,7-9,12,14H2,1H3,(H,27,28)(H,31,32). The van der Waals surface area contributed by atoms with Gasteiger partial charge in [0.1, 0.15) is 5.75 Å². The quantitative estimate of drug-likeness (QED) is 0.496. The van der Waals surface area contributed by atoms with E-state index in [-0.39, 0.29) is 6.42 Å². The topological polar surface area (TPSA) is 111 Å². The molecule has 0 fully saturated rings. The van der Waals surface area contributed by atoms with Crippen LogP contribution in [0.25, 0.3) is 10.8 Å². The molecule has 0 saturated heterocycles. The van der Waals surface area contributed by atoms with Crippen molar-refractivity contribution in [3.63, 3.8) is 0 Å². The number of nitrogens with zero attached hydrogens (tertiary/aromatic N) is 4. The van der Waals surface area contributed by atoms with Crippen LogP contribution in [0.1, 0.15) is 24.0 Å². The molecule has 4 rings (SSSR count). The summed E-state index contributed by atoms with van der Waals surface area (Å²) < 4.78 is 5.20. The zero-order valence-electron chi connectivity index (χ0n) is 18.0. The van der Waals surface area contributed by atoms with E-state index in [1.807, 2.05) is 30.3 Å². The number of methoxy groups -OCH3 is 1. The molecular weight excluding hydrogens is 442 g/mol. The highest BCUT2D eigenvalue weighted by molar-refractivity contribution is 6.32. The lowest BCUT2D eigenvalue weighted by Crippen LogP contribution is -2.30. The Morgan fingerprint density at radius 1 is 1.27 bits per heavy atom. The van der Waals surface area contributed by atoms with Gasteiger partial charge in [-0.2, -0.15) is 5.26 Å². The number of ether oxygens (including phenoxy) is 1. The number of nitriles is 1. The van der Waals surface area contributed by atoms with Gasteiger partial charge in [-0.15, -0.1) is 10.2 Å². The molecule has 0 unspecified atom stereocenters. The van der Waals surface area contributed by atoms with E-state index >= 15 is 0 Å². The number of fused-ring (bicyclic) bond motifs is 1. The number of nitrogens with one attached hydrogen (secondary N) is 1. The van der Waals surface area contributed by atoms with Crippen molar-refractivity contribution in [2.24, 2.45) is 0 Å². The number of aliphatic carboxylic acids is 1. The maximum Gasteiger partial charge on any atom is 0.307 e. The van der Waals surface area contributed by atoms with E-state index in [0.717, 1.165) is 21.9 Å². The molecule has 1 aromatic heterocycles. The Bertz CT molecular complexity index is 1290. The molecule has 1 aliphatic rings. The first-order valence-corrected chi connectivity index (χ1v) is 10.8. The van der Waals surface area contributed by atoms with Crippen molar-refractivity contribution in [2.45, 2.75) is 19.4 Å². The molecule has 0 amide bonds. The lowest BCUT2D eigenvalue weighted by atomic mass is 10.0. The summed E-state index contributed by atoms with van der Waals surface area (Å²) in [5, 5.41) is 32.8. The van der Waals surface area contributed by atoms with Gasteiger partial charge in [0.15, 0.2) is 11.6 Å². The van der Waals surface area contributed by atoms with Crippen molar-refractivity contribution in [3.8, 4) is 11.8 Å². The molecule has 2 heterocycles. The average Bonchev–Trinajstić information content (AvgIpc) is 2.82. The second-order valence-electron chi connectivity index (χ2n) is 7.70. The average molecular weight is 464 g/mol. The highest BCUT2D eigenvalue weighted by Gasteiger charge is 2.19. The highest BCUT2D eigenvalue weighted by atomic mass is 35.5. The minimum atomic E-state index is -0.822. The maximum atomic E-state index is 11.0. The maximum absolute atomic E-state index is 11.0. The Hall–Kier alpha value is -3.83. The number of rotatable bonds is 7. The van der Waals surface area contributed by atoms with E-state index in [9.17, 15) is 10.1 Å². The van der Waals surface area contributed by atoms with Crippen LogP contribution < -0.4 is 15.0 Å². The van der Waals surface area contributed by atoms with Gasteiger partial charge in [-0.1, -0.05) is 29.3 Å². The van der Waals surface area contributed by atoms with Crippen molar-refractivity contribution in [1.29, 1.82) is 5.26 Å². The molecule has 168 valence electrons. The summed E-state index contributed by atoms with van der Waals surface area (Å²) in [6.07, 6.45) is 2.66. The number of hydrogen-bond acceptors (Lipinski definition) is 7. The third kappa shape index (κ3) is 4.99. The van der Waals surface area contributed by atoms with Crippen LogP contribution in [0.5, 0.6) is 5.75 Å². The van der Waals surface area contributed by atoms with Crippen molar-refractivity contribution in [3.05, 3.63) is 64.2 Å². The molecule has 9 heteroatoms. The minimum Gasteiger partial charge on any atom is -0.495 e. The van der Waals surface area contributed by atoms with Crippen molar-refractivity contribution >= 4 is 40.0 Å². The highest BCUT2D eigenvalue weighted by Crippen LogP contribution is 2.32. The van der Waals surface area contributed by atoms with Gasteiger partial charge >= 0.3 is 5.97 Å². The molecule has 3 aromatic rings. The van der Waals surface area contributed by atoms with Crippen LogP contribution >= 0.6 is 11.6 Å². The molecule has 1 aliphatic heterocycles. The van der Waals surface area contributed by atoms with E-state index in [1.165, 1.54) is 0 Å². The van der Waals surface area contributed by atoms with Crippen LogP contribution in [-0.2, 0) is 11.3 Å². The second kappa shape index (κ2) is 9.76. The van der Waals surface area contributed by atoms with Crippen molar-refractivity contribution in [2.75, 3.05) is 30.4 Å². The smallest absolute Gasteiger partial charge is 0.307 e. The molecule has 0 aliphatic carbocycles. The van der Waals surface area contributed by atoms with Gasteiger partial charge in [-0.25, -0.2) is 0 Å². The summed E-state index contributed by atoms with van der Waals surface area (Å²) in [6, 6.07) is 13.2. The number of carbonyl (C=O) groups is 1. The van der Waals surface area contributed by atoms with E-state index in [1.54, 1.807) is 19.2 Å². The van der Waals surface area contributed by atoms with Gasteiger partial charge < -0.3 is 20.1 Å². The Kier molecular flexibility index (Phi) is 6.61. The molecule has 2 aromatic carbocycles. The van der Waals surface area contributed by atoms with Gasteiger partial charge in [0.2, 0.25) is 0 Å². The van der Waals surface area contributed by atoms with Crippen molar-refractivity contribution < 1.29 is 14.6 Å². The number of hydrogen-bond donors (Lipinski definition) is 2. The molecule has 0 saturated carbocycles. The molecule has 0 bridgehead atoms. The fraction of sp³-hybridized carbons (Fsp3) is 0.250. The minimum absolute atomic E-state index is 0.0596. The van der Waals surface area contributed by atoms with Gasteiger partial charge in [0.25, 0.3) is 0 Å². The number of aromatic nitrogens is 2. The molecule has 2 N–H and O–H groups in total. The van der Waals surface area contributed by atoms with Gasteiger partial charge in [0.05, 0.1) is 30.2 Å². The first kappa shape index (κ1) is 22.4. The predicted octanol–water partition coefficient (Wildman–Crippen LogP) is 4.39. The monoisotopic (exact) mass is 463 g/mol. The predicted molar refractivity (Wildman–Crippen MR) is 127 cm³/mol. The summed E-state index contributed by atoms with van der Waals surface area (Å²) in [5.74, 6) is 1.06. The summed E-state index contributed by atoms with van der Waals surface area (Å²) >= 11 is 6.23. The fourth-order valence-corrected chi connectivity index (χ4v) is 4.12. The molecule has 8 nitrogen and oxygen atoms in total. The summed E-state index contributed by atoms with van der Waals surface area (Å²) in [4.78, 5) is 13.1. The Labute approximate surface area is 196 Å². The zero-order chi connectivity index (χ0) is 23.4. The number of halogens is 1. The van der Waals surface area contributed by atoms with Crippen LogP contribution in [-0.4, -0.2) is 41.5 Å². The van der Waals surface area contributed by atoms with E-state index in [4.69, 9.17) is 21.4 Å². The number of carboxylic acid groups (broad SMARTS) is 1. The largest absolute Gasteiger partial charge is 0.495 e. The lowest BCUT2D eigenvalue weighted by molar-refractivity contribution is -0.136. The summed E-state index contributed by atoms with van der Waals surface area (Å²) in [7, 11) is 1.57. The molecule has 0 atom stereocenters. The number of benzene rings is 2. The zero-order valence-corrected chi connectivity index (χ0v) is 18.8. The SMILES string of the molecule is COc1ccc(CNc2nnc(N3CC=C(CC(=O)O)CC3)c3ccc(C#N)cc23)cc1Cl. The number of anilines is 2. The summed E-state index contributed by atoms with van der Waals surface area (Å²) in [5.41, 5.74) is 2.39. The van der Waals surface area contributed by atoms with Gasteiger partial charge in [-0.3, -0.25) is 4.79 Å². The summed E-state index contributed by atoms with van der Waals surface area (Å²) in [6.45, 7) is 1.68. The van der Waals surface area contributed by atoms with E-state index < -0.39 is 5.97 Å². The third-order valence-corrected chi connectivity index (χ3v) is 5.84. The van der Waals surface area contributed by atoms with Crippen molar-refractivity contribution in [1.82, 2.24) is 10.2 Å². The Morgan fingerprint density at radius 3 is 2.79 bits per heavy atom. The first-order chi connectivity index (χ1) is 16.0. The third-order valence-electron chi connectivity index (χ3n) is 5.55. The Morgan fingerprint density at radius 2 is 2.12 bits per heavy atom. The van der Waals surface area contributed by atoms with Crippen LogP contribution in [0, 0.1) is 11.3 Å². The second-order valence-corrected chi connectivity index (χ2v) is 8.10. The van der Waals surface area contributed by atoms with Crippen LogP contribution in [0.15, 0.2) is 48.0 Å². The van der Waals surface area contributed by atoms with Gasteiger partial charge in [0, 0.05) is 30.4 Å².